The minimum absolute atomic E-state index is 0.963. The SMILES string of the molecule is CNc1cncc(Nc2ccccc2-c2ccccc2)c1. The Hall–Kier alpha value is -2.81. The van der Waals surface area contributed by atoms with Crippen LogP contribution >= 0.6 is 0 Å². The number of aromatic nitrogens is 1. The number of para-hydroxylation sites is 1. The number of hydrogen-bond acceptors (Lipinski definition) is 3. The summed E-state index contributed by atoms with van der Waals surface area (Å²) < 4.78 is 0. The molecule has 21 heavy (non-hydrogen) atoms. The fourth-order valence-electron chi connectivity index (χ4n) is 2.26. The van der Waals surface area contributed by atoms with Crippen molar-refractivity contribution in [2.45, 2.75) is 0 Å². The second-order valence-corrected chi connectivity index (χ2v) is 4.75. The Kier molecular flexibility index (Phi) is 3.83. The lowest BCUT2D eigenvalue weighted by molar-refractivity contribution is 1.30. The van der Waals surface area contributed by atoms with Crippen LogP contribution in [0.4, 0.5) is 17.1 Å². The second kappa shape index (κ2) is 6.09. The minimum atomic E-state index is 0.963. The molecular formula is C18H17N3. The number of benzene rings is 2. The van der Waals surface area contributed by atoms with E-state index in [1.165, 1.54) is 11.1 Å². The van der Waals surface area contributed by atoms with E-state index in [-0.39, 0.29) is 0 Å². The first kappa shape index (κ1) is 13.2. The van der Waals surface area contributed by atoms with Crippen molar-refractivity contribution < 1.29 is 0 Å². The highest BCUT2D eigenvalue weighted by Crippen LogP contribution is 2.30. The lowest BCUT2D eigenvalue weighted by Crippen LogP contribution is -1.96. The van der Waals surface area contributed by atoms with Gasteiger partial charge in [-0.25, -0.2) is 0 Å². The van der Waals surface area contributed by atoms with Crippen LogP contribution in [0.1, 0.15) is 0 Å². The number of anilines is 3. The molecule has 0 fully saturated rings. The van der Waals surface area contributed by atoms with Gasteiger partial charge in [0, 0.05) is 18.3 Å². The molecule has 0 atom stereocenters. The Bertz CT molecular complexity index is 723. The van der Waals surface area contributed by atoms with Gasteiger partial charge in [-0.05, 0) is 17.7 Å². The highest BCUT2D eigenvalue weighted by atomic mass is 14.9. The second-order valence-electron chi connectivity index (χ2n) is 4.75. The van der Waals surface area contributed by atoms with E-state index in [0.717, 1.165) is 17.1 Å². The number of pyridine rings is 1. The molecule has 0 radical (unpaired) electrons. The van der Waals surface area contributed by atoms with Gasteiger partial charge in [0.1, 0.15) is 0 Å². The van der Waals surface area contributed by atoms with E-state index >= 15 is 0 Å². The van der Waals surface area contributed by atoms with Crippen LogP contribution < -0.4 is 10.6 Å². The summed E-state index contributed by atoms with van der Waals surface area (Å²) >= 11 is 0. The van der Waals surface area contributed by atoms with Crippen molar-refractivity contribution in [2.24, 2.45) is 0 Å². The highest BCUT2D eigenvalue weighted by Gasteiger charge is 2.04. The first-order chi connectivity index (χ1) is 10.4. The van der Waals surface area contributed by atoms with Crippen LogP contribution in [-0.2, 0) is 0 Å². The topological polar surface area (TPSA) is 37.0 Å². The normalized spacial score (nSPS) is 10.1. The third-order valence-corrected chi connectivity index (χ3v) is 3.32. The molecule has 1 heterocycles. The Balaban J connectivity index is 1.96. The van der Waals surface area contributed by atoms with Crippen molar-refractivity contribution in [3.8, 4) is 11.1 Å². The van der Waals surface area contributed by atoms with E-state index in [0.29, 0.717) is 0 Å². The zero-order chi connectivity index (χ0) is 14.5. The van der Waals surface area contributed by atoms with Gasteiger partial charge in [0.05, 0.1) is 23.8 Å². The molecule has 3 aromatic rings. The molecule has 3 nitrogen and oxygen atoms in total. The largest absolute Gasteiger partial charge is 0.387 e. The molecular weight excluding hydrogens is 258 g/mol. The number of nitrogens with zero attached hydrogens (tertiary/aromatic N) is 1. The summed E-state index contributed by atoms with van der Waals surface area (Å²) in [7, 11) is 1.89. The van der Waals surface area contributed by atoms with E-state index in [1.807, 2.05) is 31.4 Å². The van der Waals surface area contributed by atoms with Crippen molar-refractivity contribution in [3.05, 3.63) is 73.1 Å². The summed E-state index contributed by atoms with van der Waals surface area (Å²) in [5.74, 6) is 0. The first-order valence-corrected chi connectivity index (χ1v) is 6.91. The van der Waals surface area contributed by atoms with Crippen LogP contribution in [0.15, 0.2) is 73.1 Å². The molecule has 2 aromatic carbocycles. The molecule has 1 aromatic heterocycles. The third kappa shape index (κ3) is 3.03. The summed E-state index contributed by atoms with van der Waals surface area (Å²) in [6, 6.07) is 20.7. The predicted octanol–water partition coefficient (Wildman–Crippen LogP) is 4.53. The van der Waals surface area contributed by atoms with Crippen molar-refractivity contribution in [1.82, 2.24) is 4.98 Å². The van der Waals surface area contributed by atoms with Crippen LogP contribution in [-0.4, -0.2) is 12.0 Å². The monoisotopic (exact) mass is 275 g/mol. The van der Waals surface area contributed by atoms with Gasteiger partial charge >= 0.3 is 0 Å². The lowest BCUT2D eigenvalue weighted by Gasteiger charge is -2.12. The number of hydrogen-bond donors (Lipinski definition) is 2. The lowest BCUT2D eigenvalue weighted by atomic mass is 10.0. The van der Waals surface area contributed by atoms with Crippen molar-refractivity contribution >= 4 is 17.1 Å². The summed E-state index contributed by atoms with van der Waals surface area (Å²) in [6.07, 6.45) is 3.62. The Labute approximate surface area is 124 Å². The van der Waals surface area contributed by atoms with Gasteiger partial charge in [-0.15, -0.1) is 0 Å². The van der Waals surface area contributed by atoms with Gasteiger partial charge in [0.25, 0.3) is 0 Å². The van der Waals surface area contributed by atoms with Crippen molar-refractivity contribution in [1.29, 1.82) is 0 Å². The highest BCUT2D eigenvalue weighted by molar-refractivity contribution is 5.81. The van der Waals surface area contributed by atoms with Crippen molar-refractivity contribution in [2.75, 3.05) is 17.7 Å². The maximum Gasteiger partial charge on any atom is 0.0591 e. The Morgan fingerprint density at radius 1 is 0.810 bits per heavy atom. The van der Waals surface area contributed by atoms with Gasteiger partial charge in [-0.1, -0.05) is 48.5 Å². The Morgan fingerprint density at radius 2 is 1.52 bits per heavy atom. The van der Waals surface area contributed by atoms with Gasteiger partial charge in [-0.3, -0.25) is 4.98 Å². The van der Waals surface area contributed by atoms with Crippen LogP contribution in [0.25, 0.3) is 11.1 Å². The van der Waals surface area contributed by atoms with Crippen LogP contribution in [0.2, 0.25) is 0 Å². The molecule has 0 bridgehead atoms. The summed E-state index contributed by atoms with van der Waals surface area (Å²) in [6.45, 7) is 0. The molecule has 2 N–H and O–H groups in total. The molecule has 0 amide bonds. The number of rotatable bonds is 4. The average Bonchev–Trinajstić information content (AvgIpc) is 2.56. The zero-order valence-corrected chi connectivity index (χ0v) is 11.9. The molecule has 0 aliphatic carbocycles. The van der Waals surface area contributed by atoms with Crippen molar-refractivity contribution in [3.63, 3.8) is 0 Å². The molecule has 104 valence electrons. The fourth-order valence-corrected chi connectivity index (χ4v) is 2.26. The molecule has 0 aliphatic rings. The maximum atomic E-state index is 4.23. The first-order valence-electron chi connectivity index (χ1n) is 6.91. The van der Waals surface area contributed by atoms with Crippen LogP contribution in [0, 0.1) is 0 Å². The summed E-state index contributed by atoms with van der Waals surface area (Å²) in [5, 5.41) is 6.54. The minimum Gasteiger partial charge on any atom is -0.387 e. The smallest absolute Gasteiger partial charge is 0.0591 e. The quantitative estimate of drug-likeness (QED) is 0.734. The van der Waals surface area contributed by atoms with E-state index < -0.39 is 0 Å². The molecule has 0 spiro atoms. The number of nitrogens with one attached hydrogen (secondary N) is 2. The fraction of sp³-hybridized carbons (Fsp3) is 0.0556. The maximum absolute atomic E-state index is 4.23. The predicted molar refractivity (Wildman–Crippen MR) is 88.9 cm³/mol. The Morgan fingerprint density at radius 3 is 2.33 bits per heavy atom. The molecule has 0 aliphatic heterocycles. The summed E-state index contributed by atoms with van der Waals surface area (Å²) in [5.41, 5.74) is 5.38. The molecule has 0 unspecified atom stereocenters. The molecule has 0 saturated carbocycles. The van der Waals surface area contributed by atoms with E-state index in [1.54, 1.807) is 6.20 Å². The van der Waals surface area contributed by atoms with E-state index in [9.17, 15) is 0 Å². The van der Waals surface area contributed by atoms with Gasteiger partial charge in [0.2, 0.25) is 0 Å². The summed E-state index contributed by atoms with van der Waals surface area (Å²) in [4.78, 5) is 4.23. The van der Waals surface area contributed by atoms with Gasteiger partial charge in [-0.2, -0.15) is 0 Å². The van der Waals surface area contributed by atoms with Crippen LogP contribution in [0.3, 0.4) is 0 Å². The molecule has 0 saturated heterocycles. The molecule has 3 rings (SSSR count). The standard InChI is InChI=1S/C18H17N3/c1-19-15-11-16(13-20-12-15)21-18-10-6-5-9-17(18)14-7-3-2-4-8-14/h2-13,19,21H,1H3. The van der Waals surface area contributed by atoms with E-state index in [4.69, 9.17) is 0 Å². The average molecular weight is 275 g/mol. The van der Waals surface area contributed by atoms with Crippen LogP contribution in [0.5, 0.6) is 0 Å². The van der Waals surface area contributed by atoms with E-state index in [2.05, 4.69) is 58.1 Å². The third-order valence-electron chi connectivity index (χ3n) is 3.32. The zero-order valence-electron chi connectivity index (χ0n) is 11.9. The van der Waals surface area contributed by atoms with Gasteiger partial charge < -0.3 is 10.6 Å². The van der Waals surface area contributed by atoms with Gasteiger partial charge in [0.15, 0.2) is 0 Å². The molecule has 3 heteroatoms.